The second-order valence-electron chi connectivity index (χ2n) is 4.92. The summed E-state index contributed by atoms with van der Waals surface area (Å²) >= 11 is 5.46. The highest BCUT2D eigenvalue weighted by Gasteiger charge is 2.22. The second kappa shape index (κ2) is 6.24. The molecule has 0 aromatic heterocycles. The Morgan fingerprint density at radius 3 is 2.79 bits per heavy atom. The van der Waals surface area contributed by atoms with Gasteiger partial charge in [0.05, 0.1) is 5.69 Å². The molecule has 0 spiro atoms. The summed E-state index contributed by atoms with van der Waals surface area (Å²) in [5.74, 6) is -0.331. The summed E-state index contributed by atoms with van der Waals surface area (Å²) < 4.78 is 13.8. The van der Waals surface area contributed by atoms with E-state index in [1.165, 1.54) is 6.07 Å². The number of alkyl halides is 1. The van der Waals surface area contributed by atoms with Crippen LogP contribution in [0.5, 0.6) is 0 Å². The van der Waals surface area contributed by atoms with Crippen molar-refractivity contribution in [3.63, 3.8) is 0 Å². The Bertz CT molecular complexity index is 459. The molecule has 0 aliphatic carbocycles. The first-order valence-corrected chi connectivity index (χ1v) is 7.00. The van der Waals surface area contributed by atoms with Crippen molar-refractivity contribution >= 4 is 23.2 Å². The number of hydrogen-bond donors (Lipinski definition) is 1. The number of benzene rings is 1. The first-order valence-electron chi connectivity index (χ1n) is 6.46. The molecule has 0 unspecified atom stereocenters. The van der Waals surface area contributed by atoms with Crippen molar-refractivity contribution < 1.29 is 9.18 Å². The van der Waals surface area contributed by atoms with Crippen LogP contribution in [0, 0.1) is 12.7 Å². The minimum Gasteiger partial charge on any atom is -0.369 e. The number of carbonyl (C=O) groups is 1. The number of aryl methyl sites for hydroxylation is 1. The molecular formula is C14H18ClFN2O. The van der Waals surface area contributed by atoms with Gasteiger partial charge in [0.15, 0.2) is 0 Å². The van der Waals surface area contributed by atoms with Gasteiger partial charge in [-0.2, -0.15) is 0 Å². The van der Waals surface area contributed by atoms with Gasteiger partial charge >= 0.3 is 0 Å². The van der Waals surface area contributed by atoms with Crippen molar-refractivity contribution in [2.75, 3.05) is 23.9 Å². The van der Waals surface area contributed by atoms with Gasteiger partial charge in [-0.15, -0.1) is 11.6 Å². The Morgan fingerprint density at radius 1 is 1.47 bits per heavy atom. The minimum atomic E-state index is -0.186. The maximum Gasteiger partial charge on any atom is 0.235 e. The third-order valence-electron chi connectivity index (χ3n) is 3.42. The number of anilines is 1. The lowest BCUT2D eigenvalue weighted by atomic mass is 10.0. The van der Waals surface area contributed by atoms with E-state index in [-0.39, 0.29) is 23.6 Å². The van der Waals surface area contributed by atoms with Crippen LogP contribution in [0.3, 0.4) is 0 Å². The lowest BCUT2D eigenvalue weighted by Crippen LogP contribution is -2.45. The van der Waals surface area contributed by atoms with Gasteiger partial charge in [-0.1, -0.05) is 6.07 Å². The van der Waals surface area contributed by atoms with E-state index in [0.29, 0.717) is 5.69 Å². The summed E-state index contributed by atoms with van der Waals surface area (Å²) in [6.45, 7) is 3.44. The van der Waals surface area contributed by atoms with Crippen LogP contribution in [-0.4, -0.2) is 30.9 Å². The van der Waals surface area contributed by atoms with E-state index >= 15 is 0 Å². The molecule has 0 atom stereocenters. The molecule has 104 valence electrons. The molecule has 19 heavy (non-hydrogen) atoms. The molecule has 5 heteroatoms. The lowest BCUT2D eigenvalue weighted by molar-refractivity contribution is -0.119. The van der Waals surface area contributed by atoms with Crippen LogP contribution in [0.15, 0.2) is 18.2 Å². The summed E-state index contributed by atoms with van der Waals surface area (Å²) in [5.41, 5.74) is 1.70. The van der Waals surface area contributed by atoms with Crippen LogP contribution in [0.25, 0.3) is 0 Å². The Labute approximate surface area is 117 Å². The molecule has 1 aliphatic rings. The number of halogens is 2. The summed E-state index contributed by atoms with van der Waals surface area (Å²) in [4.78, 5) is 13.2. The highest BCUT2D eigenvalue weighted by atomic mass is 35.5. The van der Waals surface area contributed by atoms with Gasteiger partial charge in [0.25, 0.3) is 0 Å². The quantitative estimate of drug-likeness (QED) is 0.865. The molecule has 0 radical (unpaired) electrons. The van der Waals surface area contributed by atoms with Crippen LogP contribution >= 0.6 is 11.6 Å². The number of rotatable bonds is 3. The van der Waals surface area contributed by atoms with Crippen molar-refractivity contribution in [1.82, 2.24) is 5.32 Å². The third kappa shape index (κ3) is 3.60. The average Bonchev–Trinajstić information content (AvgIpc) is 2.42. The predicted molar refractivity (Wildman–Crippen MR) is 75.2 cm³/mol. The highest BCUT2D eigenvalue weighted by molar-refractivity contribution is 6.27. The largest absolute Gasteiger partial charge is 0.369 e. The van der Waals surface area contributed by atoms with Gasteiger partial charge in [-0.05, 0) is 37.5 Å². The van der Waals surface area contributed by atoms with Gasteiger partial charge in [-0.25, -0.2) is 4.39 Å². The van der Waals surface area contributed by atoms with E-state index in [2.05, 4.69) is 5.32 Å². The summed E-state index contributed by atoms with van der Waals surface area (Å²) in [5, 5.41) is 2.88. The number of carbonyl (C=O) groups excluding carboxylic acids is 1. The molecule has 1 N–H and O–H groups in total. The molecule has 1 amide bonds. The van der Waals surface area contributed by atoms with Gasteiger partial charge in [-0.3, -0.25) is 4.79 Å². The van der Waals surface area contributed by atoms with E-state index in [4.69, 9.17) is 11.6 Å². The minimum absolute atomic E-state index is 0.00722. The molecule has 1 fully saturated rings. The number of piperidine rings is 1. The predicted octanol–water partition coefficient (Wildman–Crippen LogP) is 2.46. The zero-order valence-electron chi connectivity index (χ0n) is 11.0. The second-order valence-corrected chi connectivity index (χ2v) is 5.18. The Balaban J connectivity index is 1.96. The van der Waals surface area contributed by atoms with Crippen molar-refractivity contribution in [2.45, 2.75) is 25.8 Å². The number of hydrogen-bond acceptors (Lipinski definition) is 2. The fourth-order valence-electron chi connectivity index (χ4n) is 2.40. The van der Waals surface area contributed by atoms with E-state index in [0.717, 1.165) is 31.5 Å². The zero-order valence-corrected chi connectivity index (χ0v) is 11.7. The molecule has 1 aromatic rings. The molecule has 0 saturated carbocycles. The number of nitrogens with zero attached hydrogens (tertiary/aromatic N) is 1. The molecule has 1 saturated heterocycles. The average molecular weight is 285 g/mol. The molecule has 1 heterocycles. The van der Waals surface area contributed by atoms with Crippen LogP contribution in [0.2, 0.25) is 0 Å². The van der Waals surface area contributed by atoms with E-state index in [1.807, 2.05) is 17.9 Å². The molecule has 2 rings (SSSR count). The standard InChI is InChI=1S/C14H18ClFN2O/c1-10-2-3-12(16)13(8-10)18-6-4-11(5-7-18)17-14(19)9-15/h2-3,8,11H,4-7,9H2,1H3,(H,17,19). The monoisotopic (exact) mass is 284 g/mol. The molecule has 0 bridgehead atoms. The van der Waals surface area contributed by atoms with Crippen molar-refractivity contribution in [1.29, 1.82) is 0 Å². The van der Waals surface area contributed by atoms with Crippen LogP contribution in [-0.2, 0) is 4.79 Å². The maximum absolute atomic E-state index is 13.8. The van der Waals surface area contributed by atoms with Crippen LogP contribution < -0.4 is 10.2 Å². The lowest BCUT2D eigenvalue weighted by Gasteiger charge is -2.34. The number of nitrogens with one attached hydrogen (secondary N) is 1. The normalized spacial score (nSPS) is 16.5. The maximum atomic E-state index is 13.8. The van der Waals surface area contributed by atoms with Gasteiger partial charge in [0.1, 0.15) is 11.7 Å². The molecule has 3 nitrogen and oxygen atoms in total. The smallest absolute Gasteiger partial charge is 0.235 e. The zero-order chi connectivity index (χ0) is 13.8. The van der Waals surface area contributed by atoms with E-state index in [1.54, 1.807) is 6.07 Å². The van der Waals surface area contributed by atoms with Crippen LogP contribution in [0.1, 0.15) is 18.4 Å². The summed E-state index contributed by atoms with van der Waals surface area (Å²) in [7, 11) is 0. The third-order valence-corrected chi connectivity index (χ3v) is 3.67. The number of amides is 1. The van der Waals surface area contributed by atoms with Crippen molar-refractivity contribution in [3.05, 3.63) is 29.6 Å². The SMILES string of the molecule is Cc1ccc(F)c(N2CCC(NC(=O)CCl)CC2)c1. The van der Waals surface area contributed by atoms with E-state index < -0.39 is 0 Å². The topological polar surface area (TPSA) is 32.3 Å². The summed E-state index contributed by atoms with van der Waals surface area (Å²) in [6, 6.07) is 5.29. The highest BCUT2D eigenvalue weighted by Crippen LogP contribution is 2.24. The first-order chi connectivity index (χ1) is 9.10. The fraction of sp³-hybridized carbons (Fsp3) is 0.500. The van der Waals surface area contributed by atoms with Gasteiger partial charge < -0.3 is 10.2 Å². The first kappa shape index (κ1) is 14.1. The van der Waals surface area contributed by atoms with Gasteiger partial charge in [0, 0.05) is 19.1 Å². The van der Waals surface area contributed by atoms with Crippen molar-refractivity contribution in [3.8, 4) is 0 Å². The van der Waals surface area contributed by atoms with E-state index in [9.17, 15) is 9.18 Å². The summed E-state index contributed by atoms with van der Waals surface area (Å²) in [6.07, 6.45) is 1.63. The van der Waals surface area contributed by atoms with Crippen molar-refractivity contribution in [2.24, 2.45) is 0 Å². The Kier molecular flexibility index (Phi) is 4.64. The molecule has 1 aliphatic heterocycles. The Morgan fingerprint density at radius 2 is 2.16 bits per heavy atom. The Hall–Kier alpha value is -1.29. The van der Waals surface area contributed by atoms with Crippen LogP contribution in [0.4, 0.5) is 10.1 Å². The molecule has 1 aromatic carbocycles. The molecular weight excluding hydrogens is 267 g/mol. The fourth-order valence-corrected chi connectivity index (χ4v) is 2.47. The van der Waals surface area contributed by atoms with Gasteiger partial charge in [0.2, 0.25) is 5.91 Å².